The lowest BCUT2D eigenvalue weighted by Gasteiger charge is -2.32. The van der Waals surface area contributed by atoms with Crippen LogP contribution in [0, 0.1) is 24.5 Å². The molecule has 1 aliphatic rings. The van der Waals surface area contributed by atoms with E-state index < -0.39 is 43.8 Å². The molecule has 8 aromatic carbocycles. The second-order valence-corrected chi connectivity index (χ2v) is 25.1. The number of pyridine rings is 2. The van der Waals surface area contributed by atoms with Crippen molar-refractivity contribution in [3.8, 4) is 11.3 Å². The average molecular weight is 1110 g/mol. The lowest BCUT2D eigenvalue weighted by Crippen LogP contribution is -2.41. The zero-order chi connectivity index (χ0) is 64.0. The number of benzene rings is 8. The van der Waals surface area contributed by atoms with E-state index >= 15 is 0 Å². The van der Waals surface area contributed by atoms with E-state index in [1.54, 1.807) is 20.8 Å². The fraction of sp³-hybridized carbons (Fsp3) is 0.250. The van der Waals surface area contributed by atoms with Crippen LogP contribution in [0.15, 0.2) is 176 Å². The minimum atomic E-state index is -2.41. The highest BCUT2D eigenvalue weighted by molar-refractivity contribution is 6.65. The number of aryl methyl sites for hydroxylation is 2. The fourth-order valence-electron chi connectivity index (χ4n) is 11.5. The minimum Gasteiger partial charge on any atom is -0.456 e. The van der Waals surface area contributed by atoms with E-state index in [4.69, 9.17) is 49.5 Å². The van der Waals surface area contributed by atoms with E-state index in [1.807, 2.05) is 78.9 Å². The summed E-state index contributed by atoms with van der Waals surface area (Å²) < 4.78 is 102. The van der Waals surface area contributed by atoms with Gasteiger partial charge in [0.05, 0.1) is 16.9 Å². The van der Waals surface area contributed by atoms with Crippen LogP contribution in [0.1, 0.15) is 102 Å². The molecule has 0 spiro atoms. The van der Waals surface area contributed by atoms with Gasteiger partial charge in [-0.15, -0.1) is 0 Å². The molecule has 6 aromatic heterocycles. The molecule has 0 radical (unpaired) electrons. The van der Waals surface area contributed by atoms with E-state index in [-0.39, 0.29) is 21.7 Å². The summed E-state index contributed by atoms with van der Waals surface area (Å²) in [5.41, 5.74) is 8.48. The van der Waals surface area contributed by atoms with Crippen LogP contribution in [0.2, 0.25) is 5.15 Å². The van der Waals surface area contributed by atoms with E-state index in [1.165, 1.54) is 12.3 Å². The quantitative estimate of drug-likeness (QED) is 0.127. The number of hydrogen-bond donors (Lipinski definition) is 0. The normalized spacial score (nSPS) is 16.5. The van der Waals surface area contributed by atoms with Crippen molar-refractivity contribution in [1.82, 2.24) is 9.97 Å². The summed E-state index contributed by atoms with van der Waals surface area (Å²) in [5.74, 6) is 0. The number of furan rings is 4. The number of rotatable bonds is 4. The van der Waals surface area contributed by atoms with Crippen LogP contribution in [0.5, 0.6) is 0 Å². The third-order valence-electron chi connectivity index (χ3n) is 15.9. The van der Waals surface area contributed by atoms with Gasteiger partial charge in [-0.3, -0.25) is 4.98 Å². The van der Waals surface area contributed by atoms with Crippen molar-refractivity contribution in [3.05, 3.63) is 185 Å². The molecule has 7 heterocycles. The number of hydrogen-bond acceptors (Lipinski definition) is 8. The molecule has 0 aliphatic carbocycles. The maximum absolute atomic E-state index is 8.17. The molecule has 1 fully saturated rings. The zero-order valence-corrected chi connectivity index (χ0v) is 48.3. The van der Waals surface area contributed by atoms with Gasteiger partial charge in [0.25, 0.3) is 0 Å². The van der Waals surface area contributed by atoms with Crippen LogP contribution in [0.25, 0.3) is 121 Å². The molecule has 8 nitrogen and oxygen atoms in total. The second kappa shape index (κ2) is 19.6. The van der Waals surface area contributed by atoms with Crippen LogP contribution in [0.3, 0.4) is 0 Å². The number of fused-ring (bicyclic) bond motifs is 20. The van der Waals surface area contributed by atoms with E-state index in [9.17, 15) is 0 Å². The summed E-state index contributed by atoms with van der Waals surface area (Å²) in [7, 11) is -0.498. The molecule has 410 valence electrons. The largest absolute Gasteiger partial charge is 0.498 e. The molecule has 15 rings (SSSR count). The Morgan fingerprint density at radius 1 is 0.476 bits per heavy atom. The van der Waals surface area contributed by atoms with Gasteiger partial charge in [-0.2, -0.15) is 0 Å². The Morgan fingerprint density at radius 2 is 0.915 bits per heavy atom. The number of halogens is 1. The Hall–Kier alpha value is -7.95. The van der Waals surface area contributed by atoms with E-state index in [2.05, 4.69) is 119 Å². The lowest BCUT2D eigenvalue weighted by molar-refractivity contribution is 0.00578. The van der Waals surface area contributed by atoms with Crippen molar-refractivity contribution in [3.63, 3.8) is 0 Å². The Kier molecular flexibility index (Phi) is 10.7. The zero-order valence-electron chi connectivity index (χ0n) is 55.5. The van der Waals surface area contributed by atoms with Gasteiger partial charge in [-0.1, -0.05) is 168 Å². The topological polar surface area (TPSA) is 96.8 Å². The molecule has 0 saturated carbocycles. The molecular weight excluding hydrogens is 1040 g/mol. The highest BCUT2D eigenvalue weighted by atomic mass is 35.5. The van der Waals surface area contributed by atoms with Crippen LogP contribution >= 0.6 is 11.6 Å². The Morgan fingerprint density at radius 3 is 1.44 bits per heavy atom. The third kappa shape index (κ3) is 9.18. The monoisotopic (exact) mass is 1110 g/mol. The Balaban J connectivity index is 0.000000132. The van der Waals surface area contributed by atoms with Crippen molar-refractivity contribution < 1.29 is 37.9 Å². The van der Waals surface area contributed by atoms with Crippen LogP contribution in [0.4, 0.5) is 0 Å². The molecule has 0 bridgehead atoms. The second-order valence-electron chi connectivity index (χ2n) is 24.7. The first-order valence-electron chi connectivity index (χ1n) is 31.7. The fourth-order valence-corrected chi connectivity index (χ4v) is 11.7. The predicted octanol–water partition coefficient (Wildman–Crippen LogP) is 20.2. The van der Waals surface area contributed by atoms with Gasteiger partial charge in [0.15, 0.2) is 0 Å². The Bertz CT molecular complexity index is 5180. The Labute approximate surface area is 493 Å². The van der Waals surface area contributed by atoms with Crippen molar-refractivity contribution in [2.45, 2.75) is 107 Å². The van der Waals surface area contributed by atoms with E-state index in [0.717, 1.165) is 132 Å². The summed E-state index contributed by atoms with van der Waals surface area (Å²) >= 11 is 5.76. The van der Waals surface area contributed by atoms with Gasteiger partial charge >= 0.3 is 7.12 Å². The van der Waals surface area contributed by atoms with Gasteiger partial charge < -0.3 is 27.0 Å². The molecule has 1 saturated heterocycles. The smallest absolute Gasteiger partial charge is 0.456 e. The first-order chi connectivity index (χ1) is 42.3. The van der Waals surface area contributed by atoms with Gasteiger partial charge in [0.1, 0.15) is 49.8 Å². The van der Waals surface area contributed by atoms with Crippen molar-refractivity contribution in [2.24, 2.45) is 10.8 Å². The van der Waals surface area contributed by atoms with Gasteiger partial charge in [0, 0.05) is 99.0 Å². The average Bonchev–Trinajstić information content (AvgIpc) is 1.55. The summed E-state index contributed by atoms with van der Waals surface area (Å²) in [6.07, 6.45) is 1.46. The highest BCUT2D eigenvalue weighted by Gasteiger charge is 2.52. The first kappa shape index (κ1) is 44.7. The molecule has 82 heavy (non-hydrogen) atoms. The van der Waals surface area contributed by atoms with Gasteiger partial charge in [-0.25, -0.2) is 4.98 Å². The summed E-state index contributed by atoms with van der Waals surface area (Å²) in [5, 5.41) is 12.5. The highest BCUT2D eigenvalue weighted by Crippen LogP contribution is 2.48. The number of aromatic nitrogens is 2. The third-order valence-corrected chi connectivity index (χ3v) is 16.1. The SMILES string of the molecule is CC1(C)OB(c2cccc3c2oc2c4ccccc4c4oc5ccccc5c4c32)OC1(C)C.[2H]C([2H])([2H])c1cnc(-c2cccc3c2oc2c4ccccc4c4oc5ccccc5c4c32)cc1CC(C)(C)C.[2H]C([2H])([2H])c1cnc(Cl)cc1C([2H])([2H])C(C)(C)C. The minimum absolute atomic E-state index is 0.0787. The van der Waals surface area contributed by atoms with Crippen molar-refractivity contribution >= 4 is 133 Å². The molecule has 0 amide bonds. The van der Waals surface area contributed by atoms with Gasteiger partial charge in [0.2, 0.25) is 0 Å². The summed E-state index contributed by atoms with van der Waals surface area (Å²) in [6.45, 7) is 15.1. The van der Waals surface area contributed by atoms with Crippen LogP contribution < -0.4 is 5.46 Å². The lowest BCUT2D eigenvalue weighted by atomic mass is 9.78. The van der Waals surface area contributed by atoms with Crippen molar-refractivity contribution in [1.29, 1.82) is 0 Å². The number of nitrogens with zero attached hydrogens (tertiary/aromatic N) is 2. The molecule has 14 aromatic rings. The number of para-hydroxylation sites is 4. The van der Waals surface area contributed by atoms with Crippen molar-refractivity contribution in [2.75, 3.05) is 0 Å². The molecule has 0 unspecified atom stereocenters. The van der Waals surface area contributed by atoms with Gasteiger partial charge in [-0.05, 0) is 118 Å². The van der Waals surface area contributed by atoms with Crippen LogP contribution in [-0.2, 0) is 22.1 Å². The summed E-state index contributed by atoms with van der Waals surface area (Å²) in [6, 6.07) is 48.3. The van der Waals surface area contributed by atoms with Crippen LogP contribution in [-0.4, -0.2) is 28.3 Å². The molecule has 0 N–H and O–H groups in total. The maximum atomic E-state index is 8.17. The predicted molar refractivity (Wildman–Crippen MR) is 341 cm³/mol. The molecule has 0 atom stereocenters. The molecular formula is C72H66BClN2O6. The van der Waals surface area contributed by atoms with E-state index in [0.29, 0.717) is 17.7 Å². The first-order valence-corrected chi connectivity index (χ1v) is 28.1. The summed E-state index contributed by atoms with van der Waals surface area (Å²) in [4.78, 5) is 8.39. The molecule has 10 heteroatoms. The standard InChI is InChI=1S/C33H27NO2.C28H23BO4.C11H16ClN/c1-19-18-34-26(16-20(19)17-33(2,3)4)23-13-9-14-25-29-28-24-12-7-8-15-27(24)35-31(28)21-10-5-6-11-22(21)32(29)36-30(23)25;1-27(2)28(3,4)33-29(32-27)20-14-9-13-19-23-22-18-12-7-8-15-21(18)30-25(22)16-10-5-6-11-17(16)26(23)31-24(19)20;1-8-7-13-10(12)5-9(8)6-11(2,3)4/h5-16,18H,17H2,1-4H3;5-15H,1-4H3;5,7H,6H2,1-4H3/i1D3;;1D3,6D2. The maximum Gasteiger partial charge on any atom is 0.498 e. The molecule has 1 aliphatic heterocycles.